The lowest BCUT2D eigenvalue weighted by atomic mass is 9.81. The van der Waals surface area contributed by atoms with Crippen molar-refractivity contribution in [1.82, 2.24) is 0 Å². The molecule has 0 spiro atoms. The molecule has 18 heavy (non-hydrogen) atoms. The van der Waals surface area contributed by atoms with Crippen molar-refractivity contribution >= 4 is 11.8 Å². The van der Waals surface area contributed by atoms with Gasteiger partial charge in [-0.3, -0.25) is 9.59 Å². The van der Waals surface area contributed by atoms with Gasteiger partial charge in [0.25, 0.3) is 0 Å². The third-order valence-electron chi connectivity index (χ3n) is 3.14. The first-order chi connectivity index (χ1) is 8.41. The molecule has 1 atom stereocenters. The summed E-state index contributed by atoms with van der Waals surface area (Å²) in [5.74, 6) is -0.892. The SMILES string of the molecule is COC(=O)[C@@](N)(CC(=O)c1ccccc1)C(C)C. The van der Waals surface area contributed by atoms with E-state index in [1.165, 1.54) is 7.11 Å². The molecule has 0 aliphatic heterocycles. The zero-order valence-corrected chi connectivity index (χ0v) is 11.0. The van der Waals surface area contributed by atoms with Crippen molar-refractivity contribution < 1.29 is 14.3 Å². The van der Waals surface area contributed by atoms with Crippen LogP contribution in [0.5, 0.6) is 0 Å². The summed E-state index contributed by atoms with van der Waals surface area (Å²) in [5, 5.41) is 0. The Bertz CT molecular complexity index is 428. The van der Waals surface area contributed by atoms with Crippen molar-refractivity contribution in [3.8, 4) is 0 Å². The van der Waals surface area contributed by atoms with E-state index in [1.807, 2.05) is 6.07 Å². The summed E-state index contributed by atoms with van der Waals surface area (Å²) in [5.41, 5.74) is 5.31. The van der Waals surface area contributed by atoms with E-state index in [1.54, 1.807) is 38.1 Å². The Labute approximate surface area is 107 Å². The van der Waals surface area contributed by atoms with Gasteiger partial charge in [0.2, 0.25) is 0 Å². The lowest BCUT2D eigenvalue weighted by Crippen LogP contribution is -2.54. The van der Waals surface area contributed by atoms with Crippen LogP contribution in [0.15, 0.2) is 30.3 Å². The predicted molar refractivity (Wildman–Crippen MR) is 69.2 cm³/mol. The number of esters is 1. The molecule has 98 valence electrons. The topological polar surface area (TPSA) is 69.4 Å². The highest BCUT2D eigenvalue weighted by Gasteiger charge is 2.40. The number of benzene rings is 1. The molecule has 4 nitrogen and oxygen atoms in total. The molecule has 1 aromatic carbocycles. The van der Waals surface area contributed by atoms with Gasteiger partial charge in [-0.05, 0) is 5.92 Å². The molecule has 0 amide bonds. The maximum atomic E-state index is 12.1. The number of ketones is 1. The quantitative estimate of drug-likeness (QED) is 0.638. The van der Waals surface area contributed by atoms with Crippen molar-refractivity contribution in [3.05, 3.63) is 35.9 Å². The van der Waals surface area contributed by atoms with Crippen LogP contribution in [-0.2, 0) is 9.53 Å². The molecule has 0 saturated heterocycles. The van der Waals surface area contributed by atoms with Gasteiger partial charge in [-0.2, -0.15) is 0 Å². The Balaban J connectivity index is 2.92. The summed E-state index contributed by atoms with van der Waals surface area (Å²) >= 11 is 0. The molecule has 0 aromatic heterocycles. The second-order valence-electron chi connectivity index (χ2n) is 4.65. The van der Waals surface area contributed by atoms with E-state index in [0.29, 0.717) is 5.56 Å². The van der Waals surface area contributed by atoms with Gasteiger partial charge in [-0.1, -0.05) is 44.2 Å². The van der Waals surface area contributed by atoms with Crippen LogP contribution in [0.1, 0.15) is 30.6 Å². The third-order valence-corrected chi connectivity index (χ3v) is 3.14. The number of rotatable bonds is 5. The summed E-state index contributed by atoms with van der Waals surface area (Å²) in [6.45, 7) is 3.60. The standard InChI is InChI=1S/C14H19NO3/c1-10(2)14(15,13(17)18-3)9-12(16)11-7-5-4-6-8-11/h4-8,10H,9,15H2,1-3H3/t14-/m1/s1. The molecule has 1 rings (SSSR count). The van der Waals surface area contributed by atoms with E-state index < -0.39 is 11.5 Å². The molecule has 0 heterocycles. The van der Waals surface area contributed by atoms with Crippen molar-refractivity contribution in [2.24, 2.45) is 11.7 Å². The normalized spacial score (nSPS) is 14.1. The molecular weight excluding hydrogens is 230 g/mol. The number of hydrogen-bond donors (Lipinski definition) is 1. The molecule has 0 aliphatic carbocycles. The van der Waals surface area contributed by atoms with E-state index in [-0.39, 0.29) is 18.1 Å². The highest BCUT2D eigenvalue weighted by Crippen LogP contribution is 2.22. The molecule has 0 fully saturated rings. The van der Waals surface area contributed by atoms with Crippen LogP contribution in [0.3, 0.4) is 0 Å². The van der Waals surface area contributed by atoms with Gasteiger partial charge >= 0.3 is 5.97 Å². The van der Waals surface area contributed by atoms with Crippen LogP contribution in [0, 0.1) is 5.92 Å². The van der Waals surface area contributed by atoms with Crippen LogP contribution >= 0.6 is 0 Å². The van der Waals surface area contributed by atoms with Crippen LogP contribution in [0.2, 0.25) is 0 Å². The van der Waals surface area contributed by atoms with Gasteiger partial charge in [0.1, 0.15) is 5.54 Å². The second kappa shape index (κ2) is 5.78. The highest BCUT2D eigenvalue weighted by atomic mass is 16.5. The van der Waals surface area contributed by atoms with E-state index in [4.69, 9.17) is 10.5 Å². The molecule has 0 saturated carbocycles. The fourth-order valence-electron chi connectivity index (χ4n) is 1.69. The Morgan fingerprint density at radius 3 is 2.28 bits per heavy atom. The molecule has 0 radical (unpaired) electrons. The van der Waals surface area contributed by atoms with Crippen molar-refractivity contribution in [2.45, 2.75) is 25.8 Å². The highest BCUT2D eigenvalue weighted by molar-refractivity contribution is 6.00. The summed E-state index contributed by atoms with van der Waals surface area (Å²) in [7, 11) is 1.28. The van der Waals surface area contributed by atoms with Gasteiger partial charge in [-0.15, -0.1) is 0 Å². The first-order valence-corrected chi connectivity index (χ1v) is 5.87. The minimum Gasteiger partial charge on any atom is -0.468 e. The Kier molecular flexibility index (Phi) is 4.62. The summed E-state index contributed by atoms with van der Waals surface area (Å²) in [6.07, 6.45) is -0.0542. The van der Waals surface area contributed by atoms with E-state index in [0.717, 1.165) is 0 Å². The zero-order chi connectivity index (χ0) is 13.8. The molecule has 4 heteroatoms. The molecular formula is C14H19NO3. The third kappa shape index (κ3) is 2.96. The first-order valence-electron chi connectivity index (χ1n) is 5.87. The minimum atomic E-state index is -1.28. The van der Waals surface area contributed by atoms with Crippen LogP contribution in [-0.4, -0.2) is 24.4 Å². The van der Waals surface area contributed by atoms with E-state index >= 15 is 0 Å². The second-order valence-corrected chi connectivity index (χ2v) is 4.65. The van der Waals surface area contributed by atoms with Crippen molar-refractivity contribution in [2.75, 3.05) is 7.11 Å². The zero-order valence-electron chi connectivity index (χ0n) is 11.0. The Morgan fingerprint density at radius 1 is 1.28 bits per heavy atom. The lowest BCUT2D eigenvalue weighted by molar-refractivity contribution is -0.148. The predicted octanol–water partition coefficient (Wildman–Crippen LogP) is 1.79. The van der Waals surface area contributed by atoms with Crippen molar-refractivity contribution in [1.29, 1.82) is 0 Å². The van der Waals surface area contributed by atoms with Crippen LogP contribution in [0.25, 0.3) is 0 Å². The van der Waals surface area contributed by atoms with Gasteiger partial charge < -0.3 is 10.5 Å². The largest absolute Gasteiger partial charge is 0.468 e. The smallest absolute Gasteiger partial charge is 0.326 e. The molecule has 0 aliphatic rings. The monoisotopic (exact) mass is 249 g/mol. The Morgan fingerprint density at radius 2 is 1.83 bits per heavy atom. The lowest BCUT2D eigenvalue weighted by Gasteiger charge is -2.29. The van der Waals surface area contributed by atoms with E-state index in [2.05, 4.69) is 0 Å². The van der Waals surface area contributed by atoms with Gasteiger partial charge in [0.15, 0.2) is 5.78 Å². The summed E-state index contributed by atoms with van der Waals surface area (Å²) < 4.78 is 4.70. The van der Waals surface area contributed by atoms with Gasteiger partial charge in [-0.25, -0.2) is 0 Å². The minimum absolute atomic E-state index is 0.0542. The van der Waals surface area contributed by atoms with E-state index in [9.17, 15) is 9.59 Å². The fourth-order valence-corrected chi connectivity index (χ4v) is 1.69. The number of carbonyl (C=O) groups is 2. The Hall–Kier alpha value is -1.68. The van der Waals surface area contributed by atoms with Crippen LogP contribution < -0.4 is 5.73 Å². The van der Waals surface area contributed by atoms with Gasteiger partial charge in [0, 0.05) is 12.0 Å². The van der Waals surface area contributed by atoms with Crippen LogP contribution in [0.4, 0.5) is 0 Å². The van der Waals surface area contributed by atoms with Gasteiger partial charge in [0.05, 0.1) is 7.11 Å². The maximum absolute atomic E-state index is 12.1. The number of ether oxygens (including phenoxy) is 1. The number of methoxy groups -OCH3 is 1. The molecule has 0 unspecified atom stereocenters. The maximum Gasteiger partial charge on any atom is 0.326 e. The number of Topliss-reactive ketones (excluding diaryl/α,β-unsaturated/α-hetero) is 1. The fraction of sp³-hybridized carbons (Fsp3) is 0.429. The summed E-state index contributed by atoms with van der Waals surface area (Å²) in [6, 6.07) is 8.80. The average Bonchev–Trinajstić information content (AvgIpc) is 2.38. The summed E-state index contributed by atoms with van der Waals surface area (Å²) in [4.78, 5) is 23.8. The first kappa shape index (κ1) is 14.4. The average molecular weight is 249 g/mol. The number of nitrogens with two attached hydrogens (primary N) is 1. The molecule has 2 N–H and O–H groups in total. The van der Waals surface area contributed by atoms with Crippen molar-refractivity contribution in [3.63, 3.8) is 0 Å². The molecule has 1 aromatic rings. The number of carbonyl (C=O) groups excluding carboxylic acids is 2. The molecule has 0 bridgehead atoms. The number of hydrogen-bond acceptors (Lipinski definition) is 4.